The van der Waals surface area contributed by atoms with Crippen LogP contribution in [0.5, 0.6) is 0 Å². The molecule has 0 N–H and O–H groups in total. The topological polar surface area (TPSA) is 48.2 Å². The van der Waals surface area contributed by atoms with Gasteiger partial charge in [-0.05, 0) is 12.8 Å². The summed E-state index contributed by atoms with van der Waals surface area (Å²) in [5.74, 6) is 1.10. The van der Waals surface area contributed by atoms with Gasteiger partial charge in [-0.1, -0.05) is 12.1 Å². The Bertz CT molecular complexity index is 199. The van der Waals surface area contributed by atoms with Gasteiger partial charge >= 0.3 is 0 Å². The molecule has 1 aromatic heterocycles. The van der Waals surface area contributed by atoms with Gasteiger partial charge in [0.15, 0.2) is 5.82 Å². The van der Waals surface area contributed by atoms with E-state index in [-0.39, 0.29) is 0 Å². The van der Waals surface area contributed by atoms with Crippen LogP contribution in [-0.4, -0.2) is 16.7 Å². The van der Waals surface area contributed by atoms with Crippen LogP contribution in [0.4, 0.5) is 0 Å². The van der Waals surface area contributed by atoms with Crippen LogP contribution < -0.4 is 0 Å². The summed E-state index contributed by atoms with van der Waals surface area (Å²) in [6, 6.07) is 0. The summed E-state index contributed by atoms with van der Waals surface area (Å²) in [6.45, 7) is 2.75. The molecule has 0 spiro atoms. The summed E-state index contributed by atoms with van der Waals surface area (Å²) in [6.07, 6.45) is 3.32. The lowest BCUT2D eigenvalue weighted by molar-refractivity contribution is 0.231. The molecule has 1 aromatic rings. The lowest BCUT2D eigenvalue weighted by Crippen LogP contribution is -1.98. The molecule has 0 bridgehead atoms. The van der Waals surface area contributed by atoms with Crippen LogP contribution in [0.2, 0.25) is 0 Å². The molecule has 1 heterocycles. The minimum absolute atomic E-state index is 0.332. The van der Waals surface area contributed by atoms with Gasteiger partial charge in [-0.3, -0.25) is 0 Å². The van der Waals surface area contributed by atoms with Gasteiger partial charge in [0.05, 0.1) is 7.11 Å². The van der Waals surface area contributed by atoms with Crippen LogP contribution in [-0.2, 0) is 4.74 Å². The van der Waals surface area contributed by atoms with Gasteiger partial charge < -0.3 is 9.26 Å². The van der Waals surface area contributed by atoms with E-state index in [2.05, 4.69) is 28.7 Å². The molecular formula is C8H13N2O2. The van der Waals surface area contributed by atoms with Crippen LogP contribution in [0.15, 0.2) is 10.9 Å². The predicted octanol–water partition coefficient (Wildman–Crippen LogP) is 1.76. The Morgan fingerprint density at radius 3 is 3.17 bits per heavy atom. The van der Waals surface area contributed by atoms with E-state index >= 15 is 0 Å². The van der Waals surface area contributed by atoms with E-state index in [1.165, 1.54) is 6.39 Å². The van der Waals surface area contributed by atoms with E-state index in [9.17, 15) is 0 Å². The van der Waals surface area contributed by atoms with E-state index < -0.39 is 0 Å². The van der Waals surface area contributed by atoms with Gasteiger partial charge in [0.2, 0.25) is 6.39 Å². The highest BCUT2D eigenvalue weighted by Gasteiger charge is 2.09. The van der Waals surface area contributed by atoms with Crippen molar-refractivity contribution in [3.05, 3.63) is 19.3 Å². The van der Waals surface area contributed by atoms with Crippen LogP contribution in [0, 0.1) is 7.11 Å². The van der Waals surface area contributed by atoms with Gasteiger partial charge in [-0.15, -0.1) is 0 Å². The van der Waals surface area contributed by atoms with Gasteiger partial charge in [-0.25, -0.2) is 0 Å². The van der Waals surface area contributed by atoms with Crippen molar-refractivity contribution in [2.45, 2.75) is 25.7 Å². The molecule has 0 aliphatic rings. The first-order valence-electron chi connectivity index (χ1n) is 3.98. The molecule has 0 saturated heterocycles. The number of hydrogen-bond donors (Lipinski definition) is 0. The van der Waals surface area contributed by atoms with Gasteiger partial charge in [0.25, 0.3) is 0 Å². The molecule has 1 atom stereocenters. The highest BCUT2D eigenvalue weighted by Crippen LogP contribution is 2.15. The summed E-state index contributed by atoms with van der Waals surface area (Å²) in [5.41, 5.74) is 0. The maximum atomic E-state index is 4.70. The Morgan fingerprint density at radius 1 is 1.75 bits per heavy atom. The second-order valence-corrected chi connectivity index (χ2v) is 2.74. The standard InChI is InChI=1S/C8H13N2O2/c1-7(4-3-5-11-2)8-9-6-12-10-8/h6-7H,2-5H2,1H3. The second-order valence-electron chi connectivity index (χ2n) is 2.74. The Morgan fingerprint density at radius 2 is 2.58 bits per heavy atom. The number of nitrogens with zero attached hydrogens (tertiary/aromatic N) is 2. The van der Waals surface area contributed by atoms with Crippen LogP contribution in [0.25, 0.3) is 0 Å². The van der Waals surface area contributed by atoms with Crippen molar-refractivity contribution in [1.82, 2.24) is 10.1 Å². The molecule has 0 aromatic carbocycles. The smallest absolute Gasteiger partial charge is 0.213 e. The van der Waals surface area contributed by atoms with Crippen LogP contribution >= 0.6 is 0 Å². The molecule has 0 fully saturated rings. The van der Waals surface area contributed by atoms with Crippen molar-refractivity contribution < 1.29 is 9.26 Å². The Hall–Kier alpha value is -0.900. The average Bonchev–Trinajstić information content (AvgIpc) is 2.56. The van der Waals surface area contributed by atoms with Crippen molar-refractivity contribution in [1.29, 1.82) is 0 Å². The summed E-state index contributed by atoms with van der Waals surface area (Å²) in [5, 5.41) is 3.75. The maximum Gasteiger partial charge on any atom is 0.213 e. The molecule has 0 aliphatic carbocycles. The number of hydrogen-bond acceptors (Lipinski definition) is 4. The fraction of sp³-hybridized carbons (Fsp3) is 0.625. The molecule has 0 amide bonds. The second kappa shape index (κ2) is 4.87. The van der Waals surface area contributed by atoms with Gasteiger partial charge in [0.1, 0.15) is 0 Å². The molecule has 67 valence electrons. The number of aromatic nitrogens is 2. The van der Waals surface area contributed by atoms with Crippen molar-refractivity contribution in [3.63, 3.8) is 0 Å². The van der Waals surface area contributed by atoms with Crippen LogP contribution in [0.1, 0.15) is 31.5 Å². The van der Waals surface area contributed by atoms with E-state index in [0.29, 0.717) is 12.5 Å². The minimum Gasteiger partial charge on any atom is -0.379 e. The highest BCUT2D eigenvalue weighted by molar-refractivity contribution is 4.88. The molecule has 1 unspecified atom stereocenters. The van der Waals surface area contributed by atoms with Gasteiger partial charge in [0, 0.05) is 12.5 Å². The number of ether oxygens (including phenoxy) is 1. The quantitative estimate of drug-likeness (QED) is 0.630. The van der Waals surface area contributed by atoms with E-state index in [4.69, 9.17) is 4.74 Å². The highest BCUT2D eigenvalue weighted by atomic mass is 16.5. The average molecular weight is 169 g/mol. The van der Waals surface area contributed by atoms with E-state index in [1.54, 1.807) is 0 Å². The molecular weight excluding hydrogens is 156 g/mol. The fourth-order valence-electron chi connectivity index (χ4n) is 1.02. The van der Waals surface area contributed by atoms with Crippen molar-refractivity contribution in [2.24, 2.45) is 0 Å². The monoisotopic (exact) mass is 169 g/mol. The summed E-state index contributed by atoms with van der Waals surface area (Å²) < 4.78 is 9.33. The van der Waals surface area contributed by atoms with Crippen molar-refractivity contribution in [2.75, 3.05) is 6.61 Å². The summed E-state index contributed by atoms with van der Waals surface area (Å²) in [4.78, 5) is 3.96. The van der Waals surface area contributed by atoms with Crippen molar-refractivity contribution >= 4 is 0 Å². The molecule has 0 aliphatic heterocycles. The molecule has 1 radical (unpaired) electrons. The third-order valence-corrected chi connectivity index (χ3v) is 1.74. The van der Waals surface area contributed by atoms with Crippen molar-refractivity contribution in [3.8, 4) is 0 Å². The zero-order valence-corrected chi connectivity index (χ0v) is 7.19. The van der Waals surface area contributed by atoms with Gasteiger partial charge in [-0.2, -0.15) is 4.98 Å². The predicted molar refractivity (Wildman–Crippen MR) is 43.3 cm³/mol. The van der Waals surface area contributed by atoms with E-state index in [0.717, 1.165) is 18.7 Å². The molecule has 0 saturated carbocycles. The normalized spacial score (nSPS) is 13.2. The Balaban J connectivity index is 2.25. The first-order chi connectivity index (χ1) is 5.84. The maximum absolute atomic E-state index is 4.70. The molecule has 1 rings (SSSR count). The third kappa shape index (κ3) is 2.62. The Labute approximate surface area is 71.9 Å². The zero-order chi connectivity index (χ0) is 8.81. The largest absolute Gasteiger partial charge is 0.379 e. The fourth-order valence-corrected chi connectivity index (χ4v) is 1.02. The zero-order valence-electron chi connectivity index (χ0n) is 7.19. The summed E-state index contributed by atoms with van der Waals surface area (Å²) in [7, 11) is 3.30. The molecule has 4 nitrogen and oxygen atoms in total. The molecule has 12 heavy (non-hydrogen) atoms. The summed E-state index contributed by atoms with van der Waals surface area (Å²) >= 11 is 0. The lowest BCUT2D eigenvalue weighted by atomic mass is 10.1. The first kappa shape index (κ1) is 9.19. The minimum atomic E-state index is 0.332. The molecule has 4 heteroatoms. The van der Waals surface area contributed by atoms with E-state index in [1.807, 2.05) is 0 Å². The third-order valence-electron chi connectivity index (χ3n) is 1.74. The number of rotatable bonds is 5. The first-order valence-corrected chi connectivity index (χ1v) is 3.98. The lowest BCUT2D eigenvalue weighted by Gasteiger charge is -2.04. The van der Waals surface area contributed by atoms with Crippen LogP contribution in [0.3, 0.4) is 0 Å². The Kier molecular flexibility index (Phi) is 3.73. The SMILES string of the molecule is [CH2]OCCCC(C)c1ncon1.